The van der Waals surface area contributed by atoms with E-state index < -0.39 is 0 Å². The molecule has 0 spiro atoms. The summed E-state index contributed by atoms with van der Waals surface area (Å²) in [5.41, 5.74) is 1.30. The smallest absolute Gasteiger partial charge is 0.252 e. The van der Waals surface area contributed by atoms with Gasteiger partial charge in [0, 0.05) is 38.7 Å². The fourth-order valence-corrected chi connectivity index (χ4v) is 2.98. The van der Waals surface area contributed by atoms with Crippen LogP contribution in [0, 0.1) is 5.92 Å². The van der Waals surface area contributed by atoms with E-state index in [1.54, 1.807) is 25.3 Å². The third kappa shape index (κ3) is 3.25. The number of pyridine rings is 1. The average Bonchev–Trinajstić information content (AvgIpc) is 3.18. The first-order chi connectivity index (χ1) is 11.5. The third-order valence-corrected chi connectivity index (χ3v) is 4.36. The average molecular weight is 329 g/mol. The van der Waals surface area contributed by atoms with Gasteiger partial charge < -0.3 is 10.2 Å². The van der Waals surface area contributed by atoms with Crippen LogP contribution in [0.3, 0.4) is 0 Å². The second-order valence-corrected chi connectivity index (χ2v) is 6.76. The number of nitrogens with zero attached hydrogens (tertiary/aromatic N) is 4. The van der Waals surface area contributed by atoms with Crippen LogP contribution in [-0.2, 0) is 4.79 Å². The van der Waals surface area contributed by atoms with E-state index in [2.05, 4.69) is 29.4 Å². The standard InChI is InChI=1S/C17H23N5O2/c1-11(2)8-18-17(24)14-4-5-15-19-20-16(22(15)10-14)13-6-7-21(9-13)12(3)23/h4-5,10-11,13H,6-9H2,1-3H3,(H,18,24). The number of fused-ring (bicyclic) bond motifs is 1. The lowest BCUT2D eigenvalue weighted by atomic mass is 10.1. The number of carbonyl (C=O) groups excluding carboxylic acids is 2. The van der Waals surface area contributed by atoms with E-state index in [1.807, 2.05) is 9.30 Å². The second-order valence-electron chi connectivity index (χ2n) is 6.76. The molecule has 1 unspecified atom stereocenters. The van der Waals surface area contributed by atoms with Crippen molar-refractivity contribution in [2.45, 2.75) is 33.1 Å². The van der Waals surface area contributed by atoms with E-state index in [0.717, 1.165) is 18.8 Å². The quantitative estimate of drug-likeness (QED) is 0.921. The lowest BCUT2D eigenvalue weighted by molar-refractivity contribution is -0.127. The van der Waals surface area contributed by atoms with Crippen LogP contribution in [0.15, 0.2) is 18.3 Å². The summed E-state index contributed by atoms with van der Waals surface area (Å²) in [6.07, 6.45) is 2.65. The Labute approximate surface area is 141 Å². The summed E-state index contributed by atoms with van der Waals surface area (Å²) >= 11 is 0. The van der Waals surface area contributed by atoms with Gasteiger partial charge in [0.1, 0.15) is 5.82 Å². The van der Waals surface area contributed by atoms with Crippen LogP contribution in [0.4, 0.5) is 0 Å². The number of carbonyl (C=O) groups is 2. The molecule has 1 saturated heterocycles. The molecule has 1 aliphatic rings. The van der Waals surface area contributed by atoms with Crippen LogP contribution in [-0.4, -0.2) is 50.9 Å². The van der Waals surface area contributed by atoms with E-state index in [-0.39, 0.29) is 17.7 Å². The largest absolute Gasteiger partial charge is 0.352 e. The van der Waals surface area contributed by atoms with Crippen LogP contribution in [0.2, 0.25) is 0 Å². The molecule has 0 saturated carbocycles. The molecule has 128 valence electrons. The first kappa shape index (κ1) is 16.4. The number of nitrogens with one attached hydrogen (secondary N) is 1. The molecule has 7 heteroatoms. The molecule has 3 heterocycles. The molecule has 3 rings (SSSR count). The predicted octanol–water partition coefficient (Wildman–Crippen LogP) is 1.45. The van der Waals surface area contributed by atoms with Crippen LogP contribution < -0.4 is 5.32 Å². The molecule has 0 radical (unpaired) electrons. The van der Waals surface area contributed by atoms with Crippen LogP contribution in [0.25, 0.3) is 5.65 Å². The number of hydrogen-bond donors (Lipinski definition) is 1. The lowest BCUT2D eigenvalue weighted by Crippen LogP contribution is -2.27. The zero-order valence-electron chi connectivity index (χ0n) is 14.3. The summed E-state index contributed by atoms with van der Waals surface area (Å²) < 4.78 is 1.87. The highest BCUT2D eigenvalue weighted by Gasteiger charge is 2.29. The Hall–Kier alpha value is -2.44. The Morgan fingerprint density at radius 2 is 2.12 bits per heavy atom. The Morgan fingerprint density at radius 1 is 1.33 bits per heavy atom. The Kier molecular flexibility index (Phi) is 4.51. The van der Waals surface area contributed by atoms with Gasteiger partial charge in [-0.05, 0) is 24.5 Å². The molecule has 24 heavy (non-hydrogen) atoms. The maximum absolute atomic E-state index is 12.3. The Balaban J connectivity index is 1.84. The van der Waals surface area contributed by atoms with Gasteiger partial charge in [0.15, 0.2) is 5.65 Å². The van der Waals surface area contributed by atoms with E-state index in [1.165, 1.54) is 0 Å². The van der Waals surface area contributed by atoms with Crippen LogP contribution in [0.5, 0.6) is 0 Å². The summed E-state index contributed by atoms with van der Waals surface area (Å²) in [6, 6.07) is 3.57. The molecule has 7 nitrogen and oxygen atoms in total. The molecule has 0 bridgehead atoms. The minimum Gasteiger partial charge on any atom is -0.352 e. The molecule has 2 aromatic heterocycles. The molecule has 2 aromatic rings. The van der Waals surface area contributed by atoms with Crippen molar-refractivity contribution >= 4 is 17.5 Å². The molecule has 1 N–H and O–H groups in total. The van der Waals surface area contributed by atoms with E-state index >= 15 is 0 Å². The highest BCUT2D eigenvalue weighted by Crippen LogP contribution is 2.26. The highest BCUT2D eigenvalue weighted by molar-refractivity contribution is 5.94. The number of hydrogen-bond acceptors (Lipinski definition) is 4. The summed E-state index contributed by atoms with van der Waals surface area (Å²) in [4.78, 5) is 25.6. The normalized spacial score (nSPS) is 17.7. The highest BCUT2D eigenvalue weighted by atomic mass is 16.2. The van der Waals surface area contributed by atoms with E-state index in [9.17, 15) is 9.59 Å². The molecule has 2 amide bonds. The van der Waals surface area contributed by atoms with Gasteiger partial charge in [-0.15, -0.1) is 10.2 Å². The number of amides is 2. The van der Waals surface area contributed by atoms with E-state index in [4.69, 9.17) is 0 Å². The molecular formula is C17H23N5O2. The van der Waals surface area contributed by atoms with Gasteiger partial charge >= 0.3 is 0 Å². The Morgan fingerprint density at radius 3 is 2.79 bits per heavy atom. The number of aromatic nitrogens is 3. The van der Waals surface area contributed by atoms with Crippen molar-refractivity contribution in [1.82, 2.24) is 24.8 Å². The zero-order valence-corrected chi connectivity index (χ0v) is 14.3. The van der Waals surface area contributed by atoms with Crippen molar-refractivity contribution in [3.05, 3.63) is 29.7 Å². The van der Waals surface area contributed by atoms with Gasteiger partial charge in [0.05, 0.1) is 5.56 Å². The molecular weight excluding hydrogens is 306 g/mol. The maximum Gasteiger partial charge on any atom is 0.252 e. The summed E-state index contributed by atoms with van der Waals surface area (Å²) in [5.74, 6) is 1.35. The van der Waals surface area contributed by atoms with Gasteiger partial charge in [-0.2, -0.15) is 0 Å². The fraction of sp³-hybridized carbons (Fsp3) is 0.529. The van der Waals surface area contributed by atoms with Crippen molar-refractivity contribution in [3.8, 4) is 0 Å². The van der Waals surface area contributed by atoms with Gasteiger partial charge in [0.2, 0.25) is 5.91 Å². The first-order valence-corrected chi connectivity index (χ1v) is 8.34. The van der Waals surface area contributed by atoms with Crippen molar-refractivity contribution in [1.29, 1.82) is 0 Å². The predicted molar refractivity (Wildman–Crippen MR) is 89.8 cm³/mol. The Bertz CT molecular complexity index is 767. The van der Waals surface area contributed by atoms with Crippen molar-refractivity contribution in [2.24, 2.45) is 5.92 Å². The topological polar surface area (TPSA) is 79.6 Å². The zero-order chi connectivity index (χ0) is 17.3. The summed E-state index contributed by atoms with van der Waals surface area (Å²) in [7, 11) is 0. The lowest BCUT2D eigenvalue weighted by Gasteiger charge is -2.13. The molecule has 0 aromatic carbocycles. The van der Waals surface area contributed by atoms with Gasteiger partial charge in [0.25, 0.3) is 5.91 Å². The summed E-state index contributed by atoms with van der Waals surface area (Å²) in [5, 5.41) is 11.4. The van der Waals surface area contributed by atoms with Crippen molar-refractivity contribution in [3.63, 3.8) is 0 Å². The van der Waals surface area contributed by atoms with Gasteiger partial charge in [-0.25, -0.2) is 0 Å². The van der Waals surface area contributed by atoms with E-state index in [0.29, 0.717) is 30.2 Å². The van der Waals surface area contributed by atoms with Crippen LogP contribution >= 0.6 is 0 Å². The first-order valence-electron chi connectivity index (χ1n) is 8.34. The van der Waals surface area contributed by atoms with Gasteiger partial charge in [-0.1, -0.05) is 13.8 Å². The van der Waals surface area contributed by atoms with Crippen LogP contribution in [0.1, 0.15) is 49.3 Å². The second kappa shape index (κ2) is 6.59. The monoisotopic (exact) mass is 329 g/mol. The minimum absolute atomic E-state index is 0.0834. The fourth-order valence-electron chi connectivity index (χ4n) is 2.98. The molecule has 1 aliphatic heterocycles. The molecule has 1 fully saturated rings. The number of likely N-dealkylation sites (tertiary alicyclic amines) is 1. The maximum atomic E-state index is 12.3. The molecule has 0 aliphatic carbocycles. The SMILES string of the molecule is CC(=O)N1CCC(c2nnc3ccc(C(=O)NCC(C)C)cn23)C1. The summed E-state index contributed by atoms with van der Waals surface area (Å²) in [6.45, 7) is 7.73. The molecule has 1 atom stereocenters. The van der Waals surface area contributed by atoms with Crippen molar-refractivity contribution in [2.75, 3.05) is 19.6 Å². The minimum atomic E-state index is -0.0953. The number of rotatable bonds is 4. The van der Waals surface area contributed by atoms with Crippen molar-refractivity contribution < 1.29 is 9.59 Å². The third-order valence-electron chi connectivity index (χ3n) is 4.36. The van der Waals surface area contributed by atoms with Gasteiger partial charge in [-0.3, -0.25) is 14.0 Å².